The molecule has 0 aliphatic carbocycles. The summed E-state index contributed by atoms with van der Waals surface area (Å²) in [6.07, 6.45) is -3.85. The van der Waals surface area contributed by atoms with Crippen LogP contribution in [0.5, 0.6) is 5.75 Å². The number of halogens is 3. The quantitative estimate of drug-likeness (QED) is 0.866. The largest absolute Gasteiger partial charge is 0.495 e. The first-order valence-corrected chi connectivity index (χ1v) is 5.33. The molecule has 0 saturated carbocycles. The van der Waals surface area contributed by atoms with Gasteiger partial charge in [-0.3, -0.25) is 4.98 Å². The second-order valence-corrected chi connectivity index (χ2v) is 3.83. The number of alkyl halides is 3. The molecule has 1 heterocycles. The summed E-state index contributed by atoms with van der Waals surface area (Å²) in [5.41, 5.74) is 1.58. The minimum absolute atomic E-state index is 0.0598. The van der Waals surface area contributed by atoms with Gasteiger partial charge in [-0.25, -0.2) is 0 Å². The fourth-order valence-electron chi connectivity index (χ4n) is 1.66. The van der Waals surface area contributed by atoms with E-state index < -0.39 is 23.5 Å². The highest BCUT2D eigenvalue weighted by Crippen LogP contribution is 2.43. The van der Waals surface area contributed by atoms with Gasteiger partial charge < -0.3 is 15.6 Å². The minimum Gasteiger partial charge on any atom is -0.495 e. The third kappa shape index (κ3) is 2.28. The maximum atomic E-state index is 13.1. The zero-order valence-electron chi connectivity index (χ0n) is 10.0. The van der Waals surface area contributed by atoms with Crippen LogP contribution < -0.4 is 10.5 Å². The van der Waals surface area contributed by atoms with E-state index in [2.05, 4.69) is 4.98 Å². The van der Waals surface area contributed by atoms with Crippen LogP contribution in [0.15, 0.2) is 18.3 Å². The Balaban J connectivity index is 3.44. The van der Waals surface area contributed by atoms with Gasteiger partial charge in [0.2, 0.25) is 5.60 Å². The third-order valence-corrected chi connectivity index (χ3v) is 2.76. The van der Waals surface area contributed by atoms with Crippen LogP contribution in [0.4, 0.5) is 13.2 Å². The van der Waals surface area contributed by atoms with Crippen LogP contribution in [-0.2, 0) is 5.60 Å². The molecule has 102 valence electrons. The summed E-state index contributed by atoms with van der Waals surface area (Å²) < 4.78 is 44.2. The van der Waals surface area contributed by atoms with Crippen molar-refractivity contribution in [2.24, 2.45) is 5.73 Å². The van der Waals surface area contributed by atoms with E-state index in [4.69, 9.17) is 10.5 Å². The third-order valence-electron chi connectivity index (χ3n) is 2.76. The van der Waals surface area contributed by atoms with Crippen molar-refractivity contribution in [2.45, 2.75) is 31.2 Å². The Bertz CT molecular complexity index is 412. The normalized spacial score (nSPS) is 17.1. The molecule has 1 rings (SSSR count). The smallest absolute Gasteiger partial charge is 0.424 e. The van der Waals surface area contributed by atoms with Crippen molar-refractivity contribution in [3.63, 3.8) is 0 Å². The molecular formula is C11H15F3N2O2. The number of aliphatic hydroxyl groups is 1. The SMILES string of the molecule is CCC(N)C(O)(c1ncccc1OC)C(F)(F)F. The lowest BCUT2D eigenvalue weighted by Crippen LogP contribution is -2.56. The number of methoxy groups -OCH3 is 1. The van der Waals surface area contributed by atoms with Crippen molar-refractivity contribution >= 4 is 0 Å². The van der Waals surface area contributed by atoms with Crippen molar-refractivity contribution in [1.29, 1.82) is 0 Å². The molecule has 7 heteroatoms. The van der Waals surface area contributed by atoms with Crippen molar-refractivity contribution < 1.29 is 23.0 Å². The van der Waals surface area contributed by atoms with Crippen LogP contribution in [0.2, 0.25) is 0 Å². The molecule has 1 aromatic heterocycles. The first-order chi connectivity index (χ1) is 8.29. The van der Waals surface area contributed by atoms with Gasteiger partial charge in [-0.1, -0.05) is 6.92 Å². The van der Waals surface area contributed by atoms with Crippen molar-refractivity contribution in [2.75, 3.05) is 7.11 Å². The Morgan fingerprint density at radius 2 is 2.11 bits per heavy atom. The van der Waals surface area contributed by atoms with Crippen LogP contribution in [-0.4, -0.2) is 29.4 Å². The molecule has 0 spiro atoms. The van der Waals surface area contributed by atoms with Gasteiger partial charge >= 0.3 is 6.18 Å². The molecule has 0 aliphatic rings. The van der Waals surface area contributed by atoms with Crippen molar-refractivity contribution in [3.05, 3.63) is 24.0 Å². The van der Waals surface area contributed by atoms with Crippen LogP contribution in [0, 0.1) is 0 Å². The zero-order valence-corrected chi connectivity index (χ0v) is 10.0. The van der Waals surface area contributed by atoms with E-state index in [-0.39, 0.29) is 12.2 Å². The average molecular weight is 264 g/mol. The van der Waals surface area contributed by atoms with Crippen LogP contribution in [0.25, 0.3) is 0 Å². The molecule has 2 atom stereocenters. The van der Waals surface area contributed by atoms with Crippen molar-refractivity contribution in [1.82, 2.24) is 4.98 Å². The summed E-state index contributed by atoms with van der Waals surface area (Å²) in [5.74, 6) is -0.152. The fraction of sp³-hybridized carbons (Fsp3) is 0.545. The van der Waals surface area contributed by atoms with Gasteiger partial charge in [-0.2, -0.15) is 13.2 Å². The summed E-state index contributed by atoms with van der Waals surface area (Å²) in [6, 6.07) is 1.18. The molecule has 0 saturated heterocycles. The predicted octanol–water partition coefficient (Wildman–Crippen LogP) is 1.58. The molecule has 0 radical (unpaired) electrons. The van der Waals surface area contributed by atoms with Crippen LogP contribution in [0.1, 0.15) is 19.0 Å². The Hall–Kier alpha value is -1.34. The second-order valence-electron chi connectivity index (χ2n) is 3.83. The molecule has 0 aromatic carbocycles. The van der Waals surface area contributed by atoms with Gasteiger partial charge in [0.1, 0.15) is 11.4 Å². The Morgan fingerprint density at radius 3 is 2.56 bits per heavy atom. The van der Waals surface area contributed by atoms with Crippen molar-refractivity contribution in [3.8, 4) is 5.75 Å². The molecule has 18 heavy (non-hydrogen) atoms. The first kappa shape index (κ1) is 14.7. The van der Waals surface area contributed by atoms with Gasteiger partial charge in [0.15, 0.2) is 0 Å². The maximum Gasteiger partial charge on any atom is 0.424 e. The van der Waals surface area contributed by atoms with Crippen LogP contribution in [0.3, 0.4) is 0 Å². The molecule has 0 bridgehead atoms. The van der Waals surface area contributed by atoms with Crippen LogP contribution >= 0.6 is 0 Å². The predicted molar refractivity (Wildman–Crippen MR) is 59.0 cm³/mol. The molecule has 0 aliphatic heterocycles. The van der Waals surface area contributed by atoms with E-state index in [1.807, 2.05) is 0 Å². The van der Waals surface area contributed by atoms with E-state index in [1.54, 1.807) is 0 Å². The number of pyridine rings is 1. The highest BCUT2D eigenvalue weighted by atomic mass is 19.4. The van der Waals surface area contributed by atoms with Gasteiger partial charge in [-0.15, -0.1) is 0 Å². The summed E-state index contributed by atoms with van der Waals surface area (Å²) >= 11 is 0. The lowest BCUT2D eigenvalue weighted by atomic mass is 9.87. The number of hydrogen-bond acceptors (Lipinski definition) is 4. The summed E-state index contributed by atoms with van der Waals surface area (Å²) in [5, 5.41) is 10.0. The van der Waals surface area contributed by atoms with E-state index in [0.717, 1.165) is 6.20 Å². The maximum absolute atomic E-state index is 13.1. The molecule has 4 nitrogen and oxygen atoms in total. The van der Waals surface area contributed by atoms with E-state index in [0.29, 0.717) is 0 Å². The number of hydrogen-bond donors (Lipinski definition) is 2. The molecule has 0 amide bonds. The number of nitrogens with zero attached hydrogens (tertiary/aromatic N) is 1. The lowest BCUT2D eigenvalue weighted by Gasteiger charge is -2.35. The highest BCUT2D eigenvalue weighted by molar-refractivity contribution is 5.34. The van der Waals surface area contributed by atoms with E-state index >= 15 is 0 Å². The minimum atomic E-state index is -4.94. The van der Waals surface area contributed by atoms with Gasteiger partial charge in [0, 0.05) is 12.2 Å². The first-order valence-electron chi connectivity index (χ1n) is 5.33. The van der Waals surface area contributed by atoms with E-state index in [9.17, 15) is 18.3 Å². The number of ether oxygens (including phenoxy) is 1. The summed E-state index contributed by atoms with van der Waals surface area (Å²) in [7, 11) is 1.20. The average Bonchev–Trinajstić information content (AvgIpc) is 2.35. The monoisotopic (exact) mass is 264 g/mol. The topological polar surface area (TPSA) is 68.4 Å². The molecule has 2 unspecified atom stereocenters. The lowest BCUT2D eigenvalue weighted by molar-refractivity contribution is -0.276. The molecule has 1 aromatic rings. The Morgan fingerprint density at radius 1 is 1.50 bits per heavy atom. The fourth-order valence-corrected chi connectivity index (χ4v) is 1.66. The number of aromatic nitrogens is 1. The summed E-state index contributed by atoms with van der Waals surface area (Å²) in [6.45, 7) is 1.46. The van der Waals surface area contributed by atoms with E-state index in [1.165, 1.54) is 26.2 Å². The number of nitrogens with two attached hydrogens (primary N) is 1. The highest BCUT2D eigenvalue weighted by Gasteiger charge is 2.60. The second kappa shape index (κ2) is 5.11. The molecule has 0 fully saturated rings. The van der Waals surface area contributed by atoms with Gasteiger partial charge in [0.05, 0.1) is 7.11 Å². The number of rotatable bonds is 4. The summed E-state index contributed by atoms with van der Waals surface area (Å²) in [4.78, 5) is 3.58. The standard InChI is InChI=1S/C11H15F3N2O2/c1-3-8(15)10(17,11(12,13)14)9-7(18-2)5-4-6-16-9/h4-6,8,17H,3,15H2,1-2H3. The van der Waals surface area contributed by atoms with Gasteiger partial charge in [-0.05, 0) is 18.6 Å². The molecular weight excluding hydrogens is 249 g/mol. The molecule has 3 N–H and O–H groups in total. The zero-order chi connectivity index (χ0) is 14.0. The Labute approximate surface area is 103 Å². The Kier molecular flexibility index (Phi) is 4.18. The van der Waals surface area contributed by atoms with Gasteiger partial charge in [0.25, 0.3) is 0 Å².